The van der Waals surface area contributed by atoms with Gasteiger partial charge in [-0.25, -0.2) is 0 Å². The molecule has 0 atom stereocenters. The second-order valence-electron chi connectivity index (χ2n) is 4.64. The molecule has 0 saturated carbocycles. The average Bonchev–Trinajstić information content (AvgIpc) is 2.38. The van der Waals surface area contributed by atoms with Crippen molar-refractivity contribution in [3.63, 3.8) is 0 Å². The third kappa shape index (κ3) is 3.72. The van der Waals surface area contributed by atoms with Crippen molar-refractivity contribution in [2.45, 2.75) is 0 Å². The monoisotopic (exact) mass is 280 g/mol. The molecule has 2 rings (SSSR count). The van der Waals surface area contributed by atoms with E-state index in [2.05, 4.69) is 11.5 Å². The van der Waals surface area contributed by atoms with E-state index in [9.17, 15) is 9.90 Å². The molecule has 1 aliphatic rings. The number of benzene rings is 1. The number of rotatable bonds is 3. The molecule has 0 spiro atoms. The second-order valence-corrected chi connectivity index (χ2v) is 5.17. The maximum absolute atomic E-state index is 12.2. The van der Waals surface area contributed by atoms with Gasteiger partial charge in [0.15, 0.2) is 0 Å². The van der Waals surface area contributed by atoms with Gasteiger partial charge in [0, 0.05) is 43.3 Å². The van der Waals surface area contributed by atoms with Crippen LogP contribution in [-0.4, -0.2) is 53.5 Å². The van der Waals surface area contributed by atoms with Gasteiger partial charge < -0.3 is 10.0 Å². The Labute approximate surface area is 117 Å². The number of aromatic hydroxyl groups is 1. The molecule has 1 fully saturated rings. The highest BCUT2D eigenvalue weighted by molar-refractivity contribution is 6.29. The molecular weight excluding hydrogens is 264 g/mol. The zero-order chi connectivity index (χ0) is 13.8. The predicted molar refractivity (Wildman–Crippen MR) is 75.4 cm³/mol. The standard InChI is InChI=1S/C14H17ClN2O2/c1-11(15)10-16-5-7-17(8-6-16)14(19)12-3-2-4-13(18)9-12/h2-4,9,18H,1,5-8,10H2. The summed E-state index contributed by atoms with van der Waals surface area (Å²) in [4.78, 5) is 16.2. The Balaban J connectivity index is 1.94. The van der Waals surface area contributed by atoms with Crippen molar-refractivity contribution in [1.82, 2.24) is 9.80 Å². The summed E-state index contributed by atoms with van der Waals surface area (Å²) < 4.78 is 0. The number of carbonyl (C=O) groups excluding carboxylic acids is 1. The number of hydrogen-bond donors (Lipinski definition) is 1. The molecule has 1 saturated heterocycles. The SMILES string of the molecule is C=C(Cl)CN1CCN(C(=O)c2cccc(O)c2)CC1. The number of halogens is 1. The van der Waals surface area contributed by atoms with E-state index in [1.54, 1.807) is 23.1 Å². The minimum atomic E-state index is -0.0414. The summed E-state index contributed by atoms with van der Waals surface area (Å²) in [6.07, 6.45) is 0. The molecular formula is C14H17ClN2O2. The molecule has 1 aromatic carbocycles. The van der Waals surface area contributed by atoms with Gasteiger partial charge in [0.1, 0.15) is 5.75 Å². The fraction of sp³-hybridized carbons (Fsp3) is 0.357. The fourth-order valence-corrected chi connectivity index (χ4v) is 2.34. The van der Waals surface area contributed by atoms with Gasteiger partial charge in [-0.15, -0.1) is 0 Å². The molecule has 1 N–H and O–H groups in total. The average molecular weight is 281 g/mol. The van der Waals surface area contributed by atoms with Crippen LogP contribution in [0.15, 0.2) is 35.9 Å². The highest BCUT2D eigenvalue weighted by Crippen LogP contribution is 2.15. The zero-order valence-electron chi connectivity index (χ0n) is 10.7. The molecule has 4 nitrogen and oxygen atoms in total. The second kappa shape index (κ2) is 6.08. The number of phenolic OH excluding ortho intramolecular Hbond substituents is 1. The molecule has 19 heavy (non-hydrogen) atoms. The van der Waals surface area contributed by atoms with Crippen molar-refractivity contribution < 1.29 is 9.90 Å². The molecule has 102 valence electrons. The first-order valence-corrected chi connectivity index (χ1v) is 6.58. The van der Waals surface area contributed by atoms with Crippen LogP contribution in [0.4, 0.5) is 0 Å². The van der Waals surface area contributed by atoms with E-state index in [4.69, 9.17) is 11.6 Å². The molecule has 5 heteroatoms. The van der Waals surface area contributed by atoms with Crippen LogP contribution in [0.25, 0.3) is 0 Å². The zero-order valence-corrected chi connectivity index (χ0v) is 11.4. The summed E-state index contributed by atoms with van der Waals surface area (Å²) in [6.45, 7) is 7.25. The van der Waals surface area contributed by atoms with Crippen LogP contribution in [-0.2, 0) is 0 Å². The number of piperazine rings is 1. The molecule has 0 aliphatic carbocycles. The van der Waals surface area contributed by atoms with Crippen LogP contribution in [0.5, 0.6) is 5.75 Å². The molecule has 0 radical (unpaired) electrons. The summed E-state index contributed by atoms with van der Waals surface area (Å²) in [5, 5.41) is 10.0. The van der Waals surface area contributed by atoms with Crippen LogP contribution in [0, 0.1) is 0 Å². The number of phenols is 1. The van der Waals surface area contributed by atoms with Crippen molar-refractivity contribution >= 4 is 17.5 Å². The Bertz CT molecular complexity index is 482. The van der Waals surface area contributed by atoms with Gasteiger partial charge in [0.25, 0.3) is 5.91 Å². The van der Waals surface area contributed by atoms with Crippen molar-refractivity contribution in [3.05, 3.63) is 41.4 Å². The summed E-state index contributed by atoms with van der Waals surface area (Å²) in [6, 6.07) is 6.45. The lowest BCUT2D eigenvalue weighted by Gasteiger charge is -2.34. The summed E-state index contributed by atoms with van der Waals surface area (Å²) in [5.74, 6) is 0.0724. The van der Waals surface area contributed by atoms with Crippen LogP contribution in [0.2, 0.25) is 0 Å². The number of nitrogens with zero attached hydrogens (tertiary/aromatic N) is 2. The largest absolute Gasteiger partial charge is 0.508 e. The molecule has 0 bridgehead atoms. The van der Waals surface area contributed by atoms with Gasteiger partial charge in [-0.05, 0) is 18.2 Å². The van der Waals surface area contributed by atoms with Crippen molar-refractivity contribution in [2.75, 3.05) is 32.7 Å². The molecule has 1 amide bonds. The highest BCUT2D eigenvalue weighted by atomic mass is 35.5. The van der Waals surface area contributed by atoms with E-state index in [1.807, 2.05) is 0 Å². The van der Waals surface area contributed by atoms with Gasteiger partial charge in [-0.2, -0.15) is 0 Å². The smallest absolute Gasteiger partial charge is 0.254 e. The van der Waals surface area contributed by atoms with Gasteiger partial charge in [-0.3, -0.25) is 9.69 Å². The first-order chi connectivity index (χ1) is 9.06. The van der Waals surface area contributed by atoms with Crippen LogP contribution in [0.3, 0.4) is 0 Å². The lowest BCUT2D eigenvalue weighted by atomic mass is 10.1. The Morgan fingerprint density at radius 2 is 2.00 bits per heavy atom. The van der Waals surface area contributed by atoms with E-state index in [-0.39, 0.29) is 11.7 Å². The van der Waals surface area contributed by atoms with Gasteiger partial charge in [-0.1, -0.05) is 24.2 Å². The molecule has 1 aliphatic heterocycles. The maximum Gasteiger partial charge on any atom is 0.254 e. The van der Waals surface area contributed by atoms with E-state index < -0.39 is 0 Å². The minimum Gasteiger partial charge on any atom is -0.508 e. The first kappa shape index (κ1) is 13.9. The van der Waals surface area contributed by atoms with Crippen molar-refractivity contribution in [3.8, 4) is 5.75 Å². The topological polar surface area (TPSA) is 43.8 Å². The molecule has 1 aromatic rings. The number of hydrogen-bond acceptors (Lipinski definition) is 3. The van der Waals surface area contributed by atoms with E-state index >= 15 is 0 Å². The van der Waals surface area contributed by atoms with Gasteiger partial charge in [0.05, 0.1) is 0 Å². The quantitative estimate of drug-likeness (QED) is 0.920. The normalized spacial score (nSPS) is 16.4. The van der Waals surface area contributed by atoms with E-state index in [0.29, 0.717) is 30.2 Å². The summed E-state index contributed by atoms with van der Waals surface area (Å²) >= 11 is 5.78. The predicted octanol–water partition coefficient (Wildman–Crippen LogP) is 1.90. The summed E-state index contributed by atoms with van der Waals surface area (Å²) in [7, 11) is 0. The maximum atomic E-state index is 12.2. The van der Waals surface area contributed by atoms with Gasteiger partial charge >= 0.3 is 0 Å². The van der Waals surface area contributed by atoms with Crippen LogP contribution in [0.1, 0.15) is 10.4 Å². The third-order valence-electron chi connectivity index (χ3n) is 3.15. The third-order valence-corrected chi connectivity index (χ3v) is 3.27. The van der Waals surface area contributed by atoms with E-state index in [0.717, 1.165) is 13.1 Å². The van der Waals surface area contributed by atoms with Crippen molar-refractivity contribution in [1.29, 1.82) is 0 Å². The minimum absolute atomic E-state index is 0.0414. The van der Waals surface area contributed by atoms with Crippen LogP contribution >= 0.6 is 11.6 Å². The first-order valence-electron chi connectivity index (χ1n) is 6.20. The summed E-state index contributed by atoms with van der Waals surface area (Å²) in [5.41, 5.74) is 0.523. The van der Waals surface area contributed by atoms with E-state index in [1.165, 1.54) is 6.07 Å². The number of carbonyl (C=O) groups is 1. The van der Waals surface area contributed by atoms with Crippen molar-refractivity contribution in [2.24, 2.45) is 0 Å². The highest BCUT2D eigenvalue weighted by Gasteiger charge is 2.22. The fourth-order valence-electron chi connectivity index (χ4n) is 2.17. The number of amides is 1. The Morgan fingerprint density at radius 3 is 2.58 bits per heavy atom. The van der Waals surface area contributed by atoms with Crippen LogP contribution < -0.4 is 0 Å². The van der Waals surface area contributed by atoms with Gasteiger partial charge in [0.2, 0.25) is 0 Å². The lowest BCUT2D eigenvalue weighted by molar-refractivity contribution is 0.0649. The Hall–Kier alpha value is -1.52. The molecule has 1 heterocycles. The Kier molecular flexibility index (Phi) is 4.45. The Morgan fingerprint density at radius 1 is 1.32 bits per heavy atom. The lowest BCUT2D eigenvalue weighted by Crippen LogP contribution is -2.48. The molecule has 0 unspecified atom stereocenters. The molecule has 0 aromatic heterocycles.